The molecular weight excluding hydrogens is 236 g/mol. The summed E-state index contributed by atoms with van der Waals surface area (Å²) in [4.78, 5) is 22.8. The Morgan fingerprint density at radius 3 is 2.39 bits per heavy atom. The van der Waals surface area contributed by atoms with Crippen LogP contribution in [0.2, 0.25) is 0 Å². The zero-order chi connectivity index (χ0) is 13.5. The largest absolute Gasteiger partial charge is 0.502 e. The van der Waals surface area contributed by atoms with Crippen LogP contribution in [-0.2, 0) is 9.53 Å². The Balaban J connectivity index is 2.80. The van der Waals surface area contributed by atoms with Crippen molar-refractivity contribution >= 4 is 11.8 Å². The Morgan fingerprint density at radius 1 is 1.28 bits per heavy atom. The van der Waals surface area contributed by atoms with E-state index in [9.17, 15) is 14.7 Å². The summed E-state index contributed by atoms with van der Waals surface area (Å²) in [7, 11) is 1.52. The number of allylic oxidation sites excluding steroid dienone is 1. The van der Waals surface area contributed by atoms with Crippen LogP contribution in [0.3, 0.4) is 0 Å². The average molecular weight is 250 g/mol. The van der Waals surface area contributed by atoms with Crippen LogP contribution in [0.4, 0.5) is 0 Å². The third-order valence-corrected chi connectivity index (χ3v) is 2.13. The SMILES string of the molecule is CCOC(=O)/C(O)=C\C(=O)c1ccc(OC)cc1. The number of benzene rings is 1. The normalized spacial score (nSPS) is 10.9. The van der Waals surface area contributed by atoms with E-state index in [-0.39, 0.29) is 6.61 Å². The summed E-state index contributed by atoms with van der Waals surface area (Å²) in [5.74, 6) is -1.50. The minimum atomic E-state index is -0.917. The van der Waals surface area contributed by atoms with Crippen molar-refractivity contribution in [3.05, 3.63) is 41.7 Å². The first kappa shape index (κ1) is 13.8. The summed E-state index contributed by atoms with van der Waals surface area (Å²) < 4.78 is 9.50. The maximum absolute atomic E-state index is 11.7. The quantitative estimate of drug-likeness (QED) is 0.374. The molecule has 0 bridgehead atoms. The van der Waals surface area contributed by atoms with E-state index in [4.69, 9.17) is 4.74 Å². The van der Waals surface area contributed by atoms with E-state index in [1.165, 1.54) is 19.2 Å². The zero-order valence-electron chi connectivity index (χ0n) is 10.2. The van der Waals surface area contributed by atoms with Crippen molar-refractivity contribution in [3.63, 3.8) is 0 Å². The molecule has 0 heterocycles. The van der Waals surface area contributed by atoms with Crippen molar-refractivity contribution < 1.29 is 24.2 Å². The topological polar surface area (TPSA) is 72.8 Å². The van der Waals surface area contributed by atoms with Crippen molar-refractivity contribution in [2.45, 2.75) is 6.92 Å². The van der Waals surface area contributed by atoms with Gasteiger partial charge in [0.05, 0.1) is 13.7 Å². The summed E-state index contributed by atoms with van der Waals surface area (Å²) in [6, 6.07) is 6.30. The molecule has 0 saturated heterocycles. The zero-order valence-corrected chi connectivity index (χ0v) is 10.2. The molecule has 0 saturated carbocycles. The highest BCUT2D eigenvalue weighted by Crippen LogP contribution is 2.12. The lowest BCUT2D eigenvalue weighted by atomic mass is 10.1. The summed E-state index contributed by atoms with van der Waals surface area (Å²) >= 11 is 0. The van der Waals surface area contributed by atoms with E-state index in [2.05, 4.69) is 4.74 Å². The third kappa shape index (κ3) is 3.62. The second kappa shape index (κ2) is 6.44. The van der Waals surface area contributed by atoms with Crippen LogP contribution in [0.5, 0.6) is 5.75 Å². The molecule has 5 heteroatoms. The fraction of sp³-hybridized carbons (Fsp3) is 0.231. The first-order chi connectivity index (χ1) is 8.58. The summed E-state index contributed by atoms with van der Waals surface area (Å²) in [5.41, 5.74) is 0.339. The number of aliphatic hydroxyl groups excluding tert-OH is 1. The van der Waals surface area contributed by atoms with Gasteiger partial charge >= 0.3 is 5.97 Å². The lowest BCUT2D eigenvalue weighted by Gasteiger charge is -2.01. The van der Waals surface area contributed by atoms with E-state index in [1.807, 2.05) is 0 Å². The Hall–Kier alpha value is -2.30. The van der Waals surface area contributed by atoms with Crippen molar-refractivity contribution in [1.29, 1.82) is 0 Å². The fourth-order valence-corrected chi connectivity index (χ4v) is 1.23. The van der Waals surface area contributed by atoms with Gasteiger partial charge in [0.2, 0.25) is 5.76 Å². The molecular formula is C13H14O5. The van der Waals surface area contributed by atoms with Gasteiger partial charge < -0.3 is 14.6 Å². The molecule has 0 aliphatic rings. The van der Waals surface area contributed by atoms with Crippen molar-refractivity contribution in [1.82, 2.24) is 0 Å². The second-order valence-electron chi connectivity index (χ2n) is 3.34. The highest BCUT2D eigenvalue weighted by molar-refractivity contribution is 6.07. The number of carbonyl (C=O) groups excluding carboxylic acids is 2. The molecule has 1 aromatic rings. The van der Waals surface area contributed by atoms with E-state index < -0.39 is 17.5 Å². The number of ketones is 1. The van der Waals surface area contributed by atoms with Crippen LogP contribution in [0.25, 0.3) is 0 Å². The molecule has 1 aromatic carbocycles. The number of carbonyl (C=O) groups is 2. The monoisotopic (exact) mass is 250 g/mol. The molecule has 0 atom stereocenters. The predicted molar refractivity (Wildman–Crippen MR) is 64.7 cm³/mol. The summed E-state index contributed by atoms with van der Waals surface area (Å²) in [5, 5.41) is 9.32. The maximum atomic E-state index is 11.7. The van der Waals surface area contributed by atoms with Gasteiger partial charge in [-0.1, -0.05) is 0 Å². The molecule has 0 spiro atoms. The predicted octanol–water partition coefficient (Wildman–Crippen LogP) is 1.88. The molecule has 18 heavy (non-hydrogen) atoms. The fourth-order valence-electron chi connectivity index (χ4n) is 1.23. The summed E-state index contributed by atoms with van der Waals surface area (Å²) in [6.07, 6.45) is 0.833. The van der Waals surface area contributed by atoms with Crippen molar-refractivity contribution in [3.8, 4) is 5.75 Å². The van der Waals surface area contributed by atoms with Gasteiger partial charge in [-0.15, -0.1) is 0 Å². The highest BCUT2D eigenvalue weighted by atomic mass is 16.5. The molecule has 0 fully saturated rings. The van der Waals surface area contributed by atoms with Crippen molar-refractivity contribution in [2.75, 3.05) is 13.7 Å². The Kier molecular flexibility index (Phi) is 4.92. The molecule has 1 N–H and O–H groups in total. The first-order valence-electron chi connectivity index (χ1n) is 5.34. The molecule has 5 nitrogen and oxygen atoms in total. The van der Waals surface area contributed by atoms with Crippen LogP contribution < -0.4 is 4.74 Å². The van der Waals surface area contributed by atoms with Gasteiger partial charge in [-0.2, -0.15) is 0 Å². The highest BCUT2D eigenvalue weighted by Gasteiger charge is 2.11. The Labute approximate surface area is 105 Å². The minimum Gasteiger partial charge on any atom is -0.502 e. The smallest absolute Gasteiger partial charge is 0.373 e. The molecule has 0 aliphatic carbocycles. The van der Waals surface area contributed by atoms with Gasteiger partial charge in [-0.05, 0) is 31.2 Å². The number of aliphatic hydroxyl groups is 1. The Bertz CT molecular complexity index is 459. The number of methoxy groups -OCH3 is 1. The number of hydrogen-bond acceptors (Lipinski definition) is 5. The first-order valence-corrected chi connectivity index (χ1v) is 5.34. The van der Waals surface area contributed by atoms with Crippen LogP contribution in [0.1, 0.15) is 17.3 Å². The van der Waals surface area contributed by atoms with Crippen LogP contribution >= 0.6 is 0 Å². The molecule has 0 radical (unpaired) electrons. The van der Waals surface area contributed by atoms with Gasteiger partial charge in [0.25, 0.3) is 0 Å². The van der Waals surface area contributed by atoms with Gasteiger partial charge in [-0.25, -0.2) is 4.79 Å². The summed E-state index contributed by atoms with van der Waals surface area (Å²) in [6.45, 7) is 1.74. The number of esters is 1. The van der Waals surface area contributed by atoms with Crippen LogP contribution in [0, 0.1) is 0 Å². The molecule has 0 aliphatic heterocycles. The van der Waals surface area contributed by atoms with Gasteiger partial charge in [0, 0.05) is 11.6 Å². The number of rotatable bonds is 5. The average Bonchev–Trinajstić information content (AvgIpc) is 2.39. The van der Waals surface area contributed by atoms with Gasteiger partial charge in [0.15, 0.2) is 5.78 Å². The molecule has 1 rings (SSSR count). The lowest BCUT2D eigenvalue weighted by molar-refractivity contribution is -0.141. The number of hydrogen-bond donors (Lipinski definition) is 1. The van der Waals surface area contributed by atoms with Gasteiger partial charge in [-0.3, -0.25) is 4.79 Å². The second-order valence-corrected chi connectivity index (χ2v) is 3.34. The molecule has 0 amide bonds. The van der Waals surface area contributed by atoms with E-state index in [0.717, 1.165) is 6.08 Å². The molecule has 0 unspecified atom stereocenters. The lowest BCUT2D eigenvalue weighted by Crippen LogP contribution is -2.09. The third-order valence-electron chi connectivity index (χ3n) is 2.13. The standard InChI is InChI=1S/C13H14O5/c1-3-18-13(16)12(15)8-11(14)9-4-6-10(17-2)7-5-9/h4-8,15H,3H2,1-2H3/b12-8+. The van der Waals surface area contributed by atoms with Crippen LogP contribution in [0.15, 0.2) is 36.1 Å². The van der Waals surface area contributed by atoms with Crippen molar-refractivity contribution in [2.24, 2.45) is 0 Å². The van der Waals surface area contributed by atoms with Crippen LogP contribution in [-0.4, -0.2) is 30.6 Å². The van der Waals surface area contributed by atoms with E-state index >= 15 is 0 Å². The number of ether oxygens (including phenoxy) is 2. The van der Waals surface area contributed by atoms with Gasteiger partial charge in [0.1, 0.15) is 5.75 Å². The van der Waals surface area contributed by atoms with E-state index in [1.54, 1.807) is 19.1 Å². The minimum absolute atomic E-state index is 0.132. The molecule has 0 aromatic heterocycles. The maximum Gasteiger partial charge on any atom is 0.373 e. The van der Waals surface area contributed by atoms with E-state index in [0.29, 0.717) is 11.3 Å². The molecule has 96 valence electrons. The Morgan fingerprint density at radius 2 is 1.89 bits per heavy atom.